The van der Waals surface area contributed by atoms with E-state index in [0.29, 0.717) is 18.9 Å². The third-order valence-electron chi connectivity index (χ3n) is 4.39. The number of β-amino-alcohol motifs (C(OH)–C–C–N with tert-alkyl or cyclic N) is 1. The number of para-hydroxylation sites is 1. The molecular weight excluding hydrogens is 296 g/mol. The summed E-state index contributed by atoms with van der Waals surface area (Å²) in [4.78, 5) is 18.6. The summed E-state index contributed by atoms with van der Waals surface area (Å²) < 4.78 is 1.21. The lowest BCUT2D eigenvalue weighted by molar-refractivity contribution is -0.135. The van der Waals surface area contributed by atoms with Gasteiger partial charge in [0.1, 0.15) is 0 Å². The number of benzene rings is 1. The van der Waals surface area contributed by atoms with Gasteiger partial charge in [0, 0.05) is 19.5 Å². The summed E-state index contributed by atoms with van der Waals surface area (Å²) in [6.45, 7) is 3.30. The van der Waals surface area contributed by atoms with Gasteiger partial charge in [0.05, 0.1) is 21.3 Å². The van der Waals surface area contributed by atoms with Crippen LogP contribution in [-0.2, 0) is 11.2 Å². The van der Waals surface area contributed by atoms with Crippen LogP contribution in [0, 0.1) is 5.92 Å². The number of amides is 1. The van der Waals surface area contributed by atoms with Crippen LogP contribution in [0.4, 0.5) is 0 Å². The Labute approximate surface area is 134 Å². The third kappa shape index (κ3) is 3.47. The van der Waals surface area contributed by atoms with E-state index in [1.165, 1.54) is 4.70 Å². The first-order valence-electron chi connectivity index (χ1n) is 7.94. The maximum absolute atomic E-state index is 12.2. The quantitative estimate of drug-likeness (QED) is 0.943. The van der Waals surface area contributed by atoms with Gasteiger partial charge < -0.3 is 10.0 Å². The molecule has 1 saturated heterocycles. The highest BCUT2D eigenvalue weighted by Crippen LogP contribution is 2.23. The standard InChI is InChI=1S/C17H22N2O2S/c1-12-9-10-19(11-14(12)20)17(21)8-4-7-16-18-13-5-2-3-6-15(13)22-16/h2-3,5-6,12,14,20H,4,7-11H2,1H3. The van der Waals surface area contributed by atoms with Gasteiger partial charge in [-0.25, -0.2) is 4.98 Å². The summed E-state index contributed by atoms with van der Waals surface area (Å²) in [5.74, 6) is 0.457. The van der Waals surface area contributed by atoms with Crippen LogP contribution in [0.1, 0.15) is 31.2 Å². The molecule has 5 heteroatoms. The number of hydrogen-bond acceptors (Lipinski definition) is 4. The number of thiazole rings is 1. The number of aliphatic hydroxyl groups excluding tert-OH is 1. The maximum Gasteiger partial charge on any atom is 0.222 e. The van der Waals surface area contributed by atoms with E-state index in [0.717, 1.165) is 36.3 Å². The van der Waals surface area contributed by atoms with Crippen molar-refractivity contribution < 1.29 is 9.90 Å². The highest BCUT2D eigenvalue weighted by molar-refractivity contribution is 7.18. The first kappa shape index (κ1) is 15.4. The number of aryl methyl sites for hydroxylation is 1. The predicted molar refractivity (Wildman–Crippen MR) is 88.9 cm³/mol. The van der Waals surface area contributed by atoms with Gasteiger partial charge in [-0.2, -0.15) is 0 Å². The molecule has 1 fully saturated rings. The Morgan fingerprint density at radius 2 is 2.27 bits per heavy atom. The van der Waals surface area contributed by atoms with E-state index in [1.807, 2.05) is 30.0 Å². The second kappa shape index (κ2) is 6.75. The molecule has 1 aromatic carbocycles. The Kier molecular flexibility index (Phi) is 4.74. The van der Waals surface area contributed by atoms with Gasteiger partial charge in [0.2, 0.25) is 5.91 Å². The Morgan fingerprint density at radius 3 is 3.05 bits per heavy atom. The summed E-state index contributed by atoms with van der Waals surface area (Å²) in [5.41, 5.74) is 1.04. The minimum atomic E-state index is -0.373. The van der Waals surface area contributed by atoms with E-state index < -0.39 is 0 Å². The number of piperidine rings is 1. The van der Waals surface area contributed by atoms with Crippen molar-refractivity contribution >= 4 is 27.5 Å². The lowest BCUT2D eigenvalue weighted by Gasteiger charge is -2.34. The van der Waals surface area contributed by atoms with Gasteiger partial charge in [-0.15, -0.1) is 11.3 Å². The molecule has 4 nitrogen and oxygen atoms in total. The molecule has 2 unspecified atom stereocenters. The fraction of sp³-hybridized carbons (Fsp3) is 0.529. The van der Waals surface area contributed by atoms with Gasteiger partial charge in [-0.3, -0.25) is 4.79 Å². The van der Waals surface area contributed by atoms with Gasteiger partial charge in [-0.1, -0.05) is 19.1 Å². The summed E-state index contributed by atoms with van der Waals surface area (Å²) in [5, 5.41) is 11.0. The number of likely N-dealkylation sites (tertiary alicyclic amines) is 1. The van der Waals surface area contributed by atoms with Crippen LogP contribution in [0.3, 0.4) is 0 Å². The number of nitrogens with zero attached hydrogens (tertiary/aromatic N) is 2. The van der Waals surface area contributed by atoms with E-state index in [1.54, 1.807) is 11.3 Å². The Balaban J connectivity index is 1.49. The monoisotopic (exact) mass is 318 g/mol. The molecule has 1 aromatic heterocycles. The highest BCUT2D eigenvalue weighted by atomic mass is 32.1. The molecule has 2 atom stereocenters. The predicted octanol–water partition coefficient (Wildman–Crippen LogP) is 2.85. The van der Waals surface area contributed by atoms with Crippen LogP contribution < -0.4 is 0 Å². The third-order valence-corrected chi connectivity index (χ3v) is 5.49. The number of aliphatic hydroxyl groups is 1. The van der Waals surface area contributed by atoms with E-state index in [2.05, 4.69) is 11.1 Å². The normalized spacial score (nSPS) is 22.2. The number of hydrogen-bond donors (Lipinski definition) is 1. The van der Waals surface area contributed by atoms with Gasteiger partial charge in [-0.05, 0) is 37.3 Å². The molecule has 1 amide bonds. The average Bonchev–Trinajstić information content (AvgIpc) is 2.92. The molecular formula is C17H22N2O2S. The molecule has 2 heterocycles. The van der Waals surface area contributed by atoms with Crippen molar-refractivity contribution in [3.63, 3.8) is 0 Å². The van der Waals surface area contributed by atoms with Gasteiger partial charge in [0.25, 0.3) is 0 Å². The molecule has 0 spiro atoms. The average molecular weight is 318 g/mol. The van der Waals surface area contributed by atoms with Crippen molar-refractivity contribution in [3.05, 3.63) is 29.3 Å². The zero-order valence-electron chi connectivity index (χ0n) is 12.9. The molecule has 22 heavy (non-hydrogen) atoms. The largest absolute Gasteiger partial charge is 0.391 e. The molecule has 0 radical (unpaired) electrons. The zero-order chi connectivity index (χ0) is 15.5. The highest BCUT2D eigenvalue weighted by Gasteiger charge is 2.26. The fourth-order valence-corrected chi connectivity index (χ4v) is 3.86. The molecule has 1 aliphatic heterocycles. The molecule has 0 bridgehead atoms. The second-order valence-electron chi connectivity index (χ2n) is 6.10. The lowest BCUT2D eigenvalue weighted by atomic mass is 9.96. The molecule has 2 aromatic rings. The van der Waals surface area contributed by atoms with Crippen molar-refractivity contribution in [2.24, 2.45) is 5.92 Å². The fourth-order valence-electron chi connectivity index (χ4n) is 2.85. The van der Waals surface area contributed by atoms with E-state index in [9.17, 15) is 9.90 Å². The van der Waals surface area contributed by atoms with Crippen LogP contribution >= 0.6 is 11.3 Å². The van der Waals surface area contributed by atoms with E-state index in [-0.39, 0.29) is 12.0 Å². The van der Waals surface area contributed by atoms with Crippen LogP contribution in [-0.4, -0.2) is 40.1 Å². The Hall–Kier alpha value is -1.46. The van der Waals surface area contributed by atoms with Crippen LogP contribution in [0.5, 0.6) is 0 Å². The summed E-state index contributed by atoms with van der Waals surface area (Å²) in [6.07, 6.45) is 2.72. The van der Waals surface area contributed by atoms with Crippen molar-refractivity contribution in [1.82, 2.24) is 9.88 Å². The smallest absolute Gasteiger partial charge is 0.222 e. The van der Waals surface area contributed by atoms with Crippen molar-refractivity contribution in [2.75, 3.05) is 13.1 Å². The first-order valence-corrected chi connectivity index (χ1v) is 8.75. The van der Waals surface area contributed by atoms with E-state index >= 15 is 0 Å². The number of fused-ring (bicyclic) bond motifs is 1. The number of aromatic nitrogens is 1. The molecule has 1 N–H and O–H groups in total. The molecule has 118 valence electrons. The SMILES string of the molecule is CC1CCN(C(=O)CCCc2nc3ccccc3s2)CC1O. The Bertz CT molecular complexity index is 622. The lowest BCUT2D eigenvalue weighted by Crippen LogP contribution is -2.45. The summed E-state index contributed by atoms with van der Waals surface area (Å²) in [6, 6.07) is 8.13. The second-order valence-corrected chi connectivity index (χ2v) is 7.22. The van der Waals surface area contributed by atoms with Crippen LogP contribution in [0.15, 0.2) is 24.3 Å². The van der Waals surface area contributed by atoms with Crippen molar-refractivity contribution in [2.45, 2.75) is 38.7 Å². The van der Waals surface area contributed by atoms with Gasteiger partial charge in [0.15, 0.2) is 0 Å². The molecule has 0 aliphatic carbocycles. The molecule has 0 saturated carbocycles. The number of rotatable bonds is 4. The summed E-state index contributed by atoms with van der Waals surface area (Å²) in [7, 11) is 0. The van der Waals surface area contributed by atoms with Crippen LogP contribution in [0.25, 0.3) is 10.2 Å². The maximum atomic E-state index is 12.2. The molecule has 1 aliphatic rings. The number of carbonyl (C=O) groups excluding carboxylic acids is 1. The van der Waals surface area contributed by atoms with Crippen molar-refractivity contribution in [3.8, 4) is 0 Å². The van der Waals surface area contributed by atoms with Crippen molar-refractivity contribution in [1.29, 1.82) is 0 Å². The van der Waals surface area contributed by atoms with Gasteiger partial charge >= 0.3 is 0 Å². The zero-order valence-corrected chi connectivity index (χ0v) is 13.7. The Morgan fingerprint density at radius 1 is 1.45 bits per heavy atom. The topological polar surface area (TPSA) is 53.4 Å². The minimum absolute atomic E-state index is 0.159. The minimum Gasteiger partial charge on any atom is -0.391 e. The van der Waals surface area contributed by atoms with E-state index in [4.69, 9.17) is 0 Å². The first-order chi connectivity index (χ1) is 10.6. The number of carbonyl (C=O) groups is 1. The molecule has 3 rings (SSSR count). The van der Waals surface area contributed by atoms with Crippen LogP contribution in [0.2, 0.25) is 0 Å². The summed E-state index contributed by atoms with van der Waals surface area (Å²) >= 11 is 1.71.